The van der Waals surface area contributed by atoms with Gasteiger partial charge in [0.25, 0.3) is 0 Å². The topological polar surface area (TPSA) is 38.1 Å². The van der Waals surface area contributed by atoms with Gasteiger partial charge >= 0.3 is 0 Å². The van der Waals surface area contributed by atoms with Crippen LogP contribution in [-0.4, -0.2) is 33.7 Å². The second-order valence-electron chi connectivity index (χ2n) is 6.72. The lowest BCUT2D eigenvalue weighted by Crippen LogP contribution is -2.40. The summed E-state index contributed by atoms with van der Waals surface area (Å²) in [5.41, 5.74) is 4.86. The molecular weight excluding hydrogens is 286 g/mol. The average molecular weight is 309 g/mol. The number of aryl methyl sites for hydroxylation is 1. The zero-order valence-corrected chi connectivity index (χ0v) is 13.7. The average Bonchev–Trinajstić information content (AvgIpc) is 2.70. The molecule has 4 nitrogen and oxygen atoms in total. The first-order valence-corrected chi connectivity index (χ1v) is 8.63. The van der Waals surface area contributed by atoms with Crippen molar-refractivity contribution in [3.63, 3.8) is 0 Å². The van der Waals surface area contributed by atoms with Crippen LogP contribution in [-0.2, 0) is 24.7 Å². The van der Waals surface area contributed by atoms with Crippen molar-refractivity contribution in [3.8, 4) is 11.3 Å². The maximum absolute atomic E-state index is 12.5. The lowest BCUT2D eigenvalue weighted by Gasteiger charge is -2.30. The minimum absolute atomic E-state index is 0.294. The molecule has 2 heterocycles. The number of carbonyl (C=O) groups excluding carboxylic acids is 1. The molecule has 0 radical (unpaired) electrons. The van der Waals surface area contributed by atoms with Crippen molar-refractivity contribution >= 4 is 5.91 Å². The van der Waals surface area contributed by atoms with Gasteiger partial charge in [-0.2, -0.15) is 5.10 Å². The van der Waals surface area contributed by atoms with Crippen LogP contribution in [0.5, 0.6) is 0 Å². The van der Waals surface area contributed by atoms with Crippen molar-refractivity contribution in [2.45, 2.75) is 32.1 Å². The highest BCUT2D eigenvalue weighted by molar-refractivity contribution is 5.79. The van der Waals surface area contributed by atoms with Crippen LogP contribution >= 0.6 is 0 Å². The Kier molecular flexibility index (Phi) is 3.68. The first-order chi connectivity index (χ1) is 11.2. The van der Waals surface area contributed by atoms with Gasteiger partial charge in [0.05, 0.1) is 5.69 Å². The van der Waals surface area contributed by atoms with Gasteiger partial charge in [0.15, 0.2) is 0 Å². The number of benzene rings is 1. The van der Waals surface area contributed by atoms with Gasteiger partial charge in [0, 0.05) is 49.3 Å². The molecule has 0 N–H and O–H groups in total. The summed E-state index contributed by atoms with van der Waals surface area (Å²) >= 11 is 0. The predicted octanol–water partition coefficient (Wildman–Crippen LogP) is 2.81. The van der Waals surface area contributed by atoms with Crippen molar-refractivity contribution in [2.75, 3.05) is 13.1 Å². The van der Waals surface area contributed by atoms with Crippen LogP contribution in [0.15, 0.2) is 30.3 Å². The second kappa shape index (κ2) is 5.84. The number of amides is 1. The monoisotopic (exact) mass is 309 g/mol. The molecule has 1 saturated carbocycles. The molecule has 120 valence electrons. The van der Waals surface area contributed by atoms with Crippen molar-refractivity contribution in [1.29, 1.82) is 0 Å². The van der Waals surface area contributed by atoms with Crippen LogP contribution in [0.25, 0.3) is 11.3 Å². The van der Waals surface area contributed by atoms with E-state index in [9.17, 15) is 4.79 Å². The summed E-state index contributed by atoms with van der Waals surface area (Å²) in [5, 5.41) is 4.75. The number of hydrogen-bond donors (Lipinski definition) is 0. The van der Waals surface area contributed by atoms with E-state index in [1.165, 1.54) is 23.2 Å². The molecule has 1 aromatic carbocycles. The first-order valence-electron chi connectivity index (χ1n) is 8.63. The summed E-state index contributed by atoms with van der Waals surface area (Å²) in [4.78, 5) is 14.6. The third-order valence-electron chi connectivity index (χ3n) is 5.34. The second-order valence-corrected chi connectivity index (χ2v) is 6.72. The fraction of sp³-hybridized carbons (Fsp3) is 0.474. The molecular formula is C19H23N3O. The molecule has 1 aromatic heterocycles. The molecule has 0 spiro atoms. The van der Waals surface area contributed by atoms with E-state index in [1.807, 2.05) is 17.8 Å². The van der Waals surface area contributed by atoms with E-state index >= 15 is 0 Å². The van der Waals surface area contributed by atoms with Gasteiger partial charge in [-0.05, 0) is 19.3 Å². The van der Waals surface area contributed by atoms with Gasteiger partial charge in [-0.15, -0.1) is 0 Å². The van der Waals surface area contributed by atoms with Crippen LogP contribution < -0.4 is 0 Å². The summed E-state index contributed by atoms with van der Waals surface area (Å²) in [6.07, 6.45) is 5.20. The van der Waals surface area contributed by atoms with E-state index in [1.54, 1.807) is 0 Å². The Morgan fingerprint density at radius 2 is 1.87 bits per heavy atom. The van der Waals surface area contributed by atoms with Crippen LogP contribution in [0.1, 0.15) is 30.5 Å². The van der Waals surface area contributed by atoms with Crippen molar-refractivity contribution in [3.05, 3.63) is 41.6 Å². The summed E-state index contributed by atoms with van der Waals surface area (Å²) in [7, 11) is 2.02. The van der Waals surface area contributed by atoms with Crippen molar-refractivity contribution < 1.29 is 4.79 Å². The maximum Gasteiger partial charge on any atom is 0.225 e. The Morgan fingerprint density at radius 1 is 1.13 bits per heavy atom. The van der Waals surface area contributed by atoms with E-state index in [-0.39, 0.29) is 0 Å². The Bertz CT molecular complexity index is 716. The number of hydrogen-bond acceptors (Lipinski definition) is 2. The molecule has 2 aromatic rings. The highest BCUT2D eigenvalue weighted by Crippen LogP contribution is 2.31. The van der Waals surface area contributed by atoms with Crippen LogP contribution in [0, 0.1) is 5.92 Å². The maximum atomic E-state index is 12.5. The van der Waals surface area contributed by atoms with E-state index < -0.39 is 0 Å². The number of rotatable bonds is 2. The quantitative estimate of drug-likeness (QED) is 0.855. The van der Waals surface area contributed by atoms with Crippen molar-refractivity contribution in [1.82, 2.24) is 14.7 Å². The standard InChI is InChI=1S/C19H23N3O/c1-21-17-11-13-22(19(23)15-8-5-9-15)12-10-16(17)18(20-21)14-6-3-2-4-7-14/h2-4,6-7,15H,5,8-13H2,1H3. The zero-order valence-electron chi connectivity index (χ0n) is 13.7. The molecule has 4 rings (SSSR count). The third kappa shape index (κ3) is 2.56. The number of fused-ring (bicyclic) bond motifs is 1. The molecule has 1 fully saturated rings. The molecule has 0 bridgehead atoms. The van der Waals surface area contributed by atoms with Crippen molar-refractivity contribution in [2.24, 2.45) is 13.0 Å². The number of nitrogens with zero attached hydrogens (tertiary/aromatic N) is 3. The smallest absolute Gasteiger partial charge is 0.225 e. The summed E-state index contributed by atoms with van der Waals surface area (Å²) in [5.74, 6) is 0.668. The fourth-order valence-corrected chi connectivity index (χ4v) is 3.74. The van der Waals surface area contributed by atoms with Gasteiger partial charge in [-0.25, -0.2) is 0 Å². The molecule has 2 aliphatic rings. The Morgan fingerprint density at radius 3 is 2.57 bits per heavy atom. The molecule has 0 saturated heterocycles. The van der Waals surface area contributed by atoms with Gasteiger partial charge in [0.1, 0.15) is 0 Å². The van der Waals surface area contributed by atoms with Crippen LogP contribution in [0.3, 0.4) is 0 Å². The van der Waals surface area contributed by atoms with Gasteiger partial charge < -0.3 is 4.90 Å². The van der Waals surface area contributed by atoms with Crippen LogP contribution in [0.4, 0.5) is 0 Å². The highest BCUT2D eigenvalue weighted by Gasteiger charge is 2.31. The summed E-state index contributed by atoms with van der Waals surface area (Å²) in [6.45, 7) is 1.66. The number of carbonyl (C=O) groups is 1. The Labute approximate surface area is 137 Å². The molecule has 1 amide bonds. The predicted molar refractivity (Wildman–Crippen MR) is 90.0 cm³/mol. The SMILES string of the molecule is Cn1nc(-c2ccccc2)c2c1CCN(C(=O)C1CCC1)CC2. The lowest BCUT2D eigenvalue weighted by molar-refractivity contribution is -0.138. The van der Waals surface area contributed by atoms with Gasteiger partial charge in [-0.3, -0.25) is 9.48 Å². The van der Waals surface area contributed by atoms with E-state index in [4.69, 9.17) is 5.10 Å². The first kappa shape index (κ1) is 14.5. The third-order valence-corrected chi connectivity index (χ3v) is 5.34. The lowest BCUT2D eigenvalue weighted by atomic mass is 9.84. The van der Waals surface area contributed by atoms with E-state index in [2.05, 4.69) is 29.2 Å². The molecule has 1 aliphatic heterocycles. The normalized spacial score (nSPS) is 18.2. The highest BCUT2D eigenvalue weighted by atomic mass is 16.2. The van der Waals surface area contributed by atoms with Crippen LogP contribution in [0.2, 0.25) is 0 Å². The molecule has 0 atom stereocenters. The minimum atomic E-state index is 0.294. The fourth-order valence-electron chi connectivity index (χ4n) is 3.74. The summed E-state index contributed by atoms with van der Waals surface area (Å²) < 4.78 is 2.01. The molecule has 0 unspecified atom stereocenters. The zero-order chi connectivity index (χ0) is 15.8. The molecule has 23 heavy (non-hydrogen) atoms. The van der Waals surface area contributed by atoms with E-state index in [0.29, 0.717) is 11.8 Å². The minimum Gasteiger partial charge on any atom is -0.342 e. The number of aromatic nitrogens is 2. The summed E-state index contributed by atoms with van der Waals surface area (Å²) in [6, 6.07) is 10.4. The molecule has 4 heteroatoms. The van der Waals surface area contributed by atoms with Gasteiger partial charge in [0.2, 0.25) is 5.91 Å². The van der Waals surface area contributed by atoms with E-state index in [0.717, 1.165) is 44.5 Å². The largest absolute Gasteiger partial charge is 0.342 e. The van der Waals surface area contributed by atoms with Gasteiger partial charge in [-0.1, -0.05) is 36.8 Å². The molecule has 1 aliphatic carbocycles. The Hall–Kier alpha value is -2.10. The Balaban J connectivity index is 1.60.